The zero-order valence-corrected chi connectivity index (χ0v) is 16.7. The van der Waals surface area contributed by atoms with Gasteiger partial charge in [0.05, 0.1) is 22.5 Å². The molecule has 0 saturated carbocycles. The Morgan fingerprint density at radius 1 is 1.16 bits per heavy atom. The third-order valence-corrected chi connectivity index (χ3v) is 5.42. The lowest BCUT2D eigenvalue weighted by Crippen LogP contribution is -2.57. The van der Waals surface area contributed by atoms with Crippen molar-refractivity contribution in [3.63, 3.8) is 0 Å². The maximum Gasteiger partial charge on any atom is 0.227 e. The molecule has 2 saturated heterocycles. The Morgan fingerprint density at radius 2 is 1.88 bits per heavy atom. The molecule has 0 aliphatic carbocycles. The molecule has 2 aliphatic heterocycles. The number of hydrogen-bond donors (Lipinski definition) is 1. The van der Waals surface area contributed by atoms with E-state index in [9.17, 15) is 4.79 Å². The molecule has 1 aromatic carbocycles. The van der Waals surface area contributed by atoms with Crippen molar-refractivity contribution in [1.82, 2.24) is 15.1 Å². The largest absolute Gasteiger partial charge is 0.336 e. The summed E-state index contributed by atoms with van der Waals surface area (Å²) in [7, 11) is 0. The number of nitrogens with zero attached hydrogens (tertiary/aromatic N) is 2. The number of benzene rings is 1. The van der Waals surface area contributed by atoms with Gasteiger partial charge in [-0.1, -0.05) is 43.1 Å². The van der Waals surface area contributed by atoms with E-state index in [0.29, 0.717) is 16.5 Å². The molecule has 0 bridgehead atoms. The molecule has 25 heavy (non-hydrogen) atoms. The van der Waals surface area contributed by atoms with Crippen LogP contribution in [0.4, 0.5) is 0 Å². The molecule has 2 aliphatic rings. The molecule has 0 radical (unpaired) electrons. The molecule has 1 aromatic rings. The lowest BCUT2D eigenvalue weighted by atomic mass is 10.1. The normalized spacial score (nSPS) is 21.0. The highest BCUT2D eigenvalue weighted by Gasteiger charge is 2.28. The quantitative estimate of drug-likeness (QED) is 0.861. The van der Waals surface area contributed by atoms with Gasteiger partial charge >= 0.3 is 0 Å². The number of carbonyl (C=O) groups is 1. The average Bonchev–Trinajstić information content (AvgIpc) is 3.13. The minimum Gasteiger partial charge on any atom is -0.336 e. The van der Waals surface area contributed by atoms with E-state index in [1.807, 2.05) is 24.8 Å². The van der Waals surface area contributed by atoms with E-state index in [2.05, 4.69) is 10.2 Å². The maximum atomic E-state index is 12.8. The predicted octanol–water partition coefficient (Wildman–Crippen LogP) is 3.46. The zero-order valence-electron chi connectivity index (χ0n) is 15.2. The average molecular weight is 386 g/mol. The van der Waals surface area contributed by atoms with Crippen molar-refractivity contribution in [2.75, 3.05) is 39.3 Å². The van der Waals surface area contributed by atoms with E-state index in [4.69, 9.17) is 23.2 Å². The first-order valence-electron chi connectivity index (χ1n) is 9.30. The van der Waals surface area contributed by atoms with E-state index in [-0.39, 0.29) is 11.9 Å². The highest BCUT2D eigenvalue weighted by Crippen LogP contribution is 2.23. The molecule has 1 atom stereocenters. The summed E-state index contributed by atoms with van der Waals surface area (Å²) in [6.45, 7) is 9.81. The van der Waals surface area contributed by atoms with Crippen LogP contribution < -0.4 is 5.32 Å². The molecule has 3 rings (SSSR count). The summed E-state index contributed by atoms with van der Waals surface area (Å²) in [4.78, 5) is 17.3. The number of halogens is 2. The van der Waals surface area contributed by atoms with Crippen LogP contribution >= 0.6 is 23.2 Å². The predicted molar refractivity (Wildman–Crippen MR) is 106 cm³/mol. The molecule has 0 aromatic heterocycles. The monoisotopic (exact) mass is 385 g/mol. The van der Waals surface area contributed by atoms with Crippen molar-refractivity contribution in [2.24, 2.45) is 0 Å². The molecule has 140 valence electrons. The third kappa shape index (κ3) is 5.85. The number of rotatable bonds is 4. The van der Waals surface area contributed by atoms with Crippen molar-refractivity contribution in [3.8, 4) is 0 Å². The fourth-order valence-electron chi connectivity index (χ4n) is 3.44. The van der Waals surface area contributed by atoms with Gasteiger partial charge in [0.25, 0.3) is 0 Å². The first-order chi connectivity index (χ1) is 12.1. The van der Waals surface area contributed by atoms with Crippen molar-refractivity contribution in [3.05, 3.63) is 33.8 Å². The number of nitrogens with one attached hydrogen (secondary N) is 1. The molecule has 6 heteroatoms. The van der Waals surface area contributed by atoms with Gasteiger partial charge in [0, 0.05) is 26.2 Å². The van der Waals surface area contributed by atoms with Crippen LogP contribution in [0.1, 0.15) is 32.3 Å². The van der Waals surface area contributed by atoms with Crippen LogP contribution in [0.15, 0.2) is 18.2 Å². The number of amides is 1. The fraction of sp³-hybridized carbons (Fsp3) is 0.632. The highest BCUT2D eigenvalue weighted by molar-refractivity contribution is 6.42. The number of carbonyl (C=O) groups excluding carboxylic acids is 1. The number of likely N-dealkylation sites (tertiary alicyclic amines) is 1. The smallest absolute Gasteiger partial charge is 0.227 e. The molecular weight excluding hydrogens is 357 g/mol. The number of piperazine rings is 1. The van der Waals surface area contributed by atoms with Gasteiger partial charge in [-0.15, -0.1) is 0 Å². The fourth-order valence-corrected chi connectivity index (χ4v) is 3.76. The van der Waals surface area contributed by atoms with E-state index in [1.165, 1.54) is 12.8 Å². The lowest BCUT2D eigenvalue weighted by molar-refractivity contribution is -0.134. The van der Waals surface area contributed by atoms with Gasteiger partial charge in [-0.2, -0.15) is 0 Å². The van der Waals surface area contributed by atoms with Crippen molar-refractivity contribution >= 4 is 29.1 Å². The molecular formula is C19H29Cl2N3O. The third-order valence-electron chi connectivity index (χ3n) is 4.68. The lowest BCUT2D eigenvalue weighted by Gasteiger charge is -2.38. The Bertz CT molecular complexity index is 562. The molecule has 1 amide bonds. The molecule has 2 fully saturated rings. The van der Waals surface area contributed by atoms with Gasteiger partial charge in [-0.05, 0) is 43.6 Å². The van der Waals surface area contributed by atoms with E-state index in [0.717, 1.165) is 44.8 Å². The number of hydrogen-bond acceptors (Lipinski definition) is 3. The standard InChI is InChI=1S/C17H23Cl2N3O.C2H6/c18-15-4-3-13(9-16(15)19)10-17(23)22-8-5-20-11-14(22)12-21-6-1-2-7-21;1-2/h3-4,9,14,20H,1-2,5-8,10-12H2;1-2H3/t14-;/m0./s1. The Morgan fingerprint density at radius 3 is 2.56 bits per heavy atom. The molecule has 2 heterocycles. The molecule has 4 nitrogen and oxygen atoms in total. The summed E-state index contributed by atoms with van der Waals surface area (Å²) in [5.41, 5.74) is 0.919. The van der Waals surface area contributed by atoms with Gasteiger partial charge in [0.15, 0.2) is 0 Å². The zero-order chi connectivity index (χ0) is 18.2. The van der Waals surface area contributed by atoms with Gasteiger partial charge in [-0.25, -0.2) is 0 Å². The van der Waals surface area contributed by atoms with Crippen LogP contribution in [0.3, 0.4) is 0 Å². The van der Waals surface area contributed by atoms with E-state index < -0.39 is 0 Å². The van der Waals surface area contributed by atoms with Crippen LogP contribution in [0.5, 0.6) is 0 Å². The second-order valence-corrected chi connectivity index (χ2v) is 7.19. The summed E-state index contributed by atoms with van der Waals surface area (Å²) in [5, 5.41) is 4.45. The van der Waals surface area contributed by atoms with Crippen LogP contribution in [-0.4, -0.2) is 61.0 Å². The van der Waals surface area contributed by atoms with E-state index >= 15 is 0 Å². The van der Waals surface area contributed by atoms with E-state index in [1.54, 1.807) is 12.1 Å². The topological polar surface area (TPSA) is 35.6 Å². The van der Waals surface area contributed by atoms with Crippen LogP contribution in [0.25, 0.3) is 0 Å². The molecule has 1 N–H and O–H groups in total. The van der Waals surface area contributed by atoms with Crippen molar-refractivity contribution < 1.29 is 4.79 Å². The highest BCUT2D eigenvalue weighted by atomic mass is 35.5. The van der Waals surface area contributed by atoms with Crippen molar-refractivity contribution in [1.29, 1.82) is 0 Å². The Kier molecular flexibility index (Phi) is 8.50. The molecule has 0 unspecified atom stereocenters. The van der Waals surface area contributed by atoms with Crippen LogP contribution in [0, 0.1) is 0 Å². The minimum atomic E-state index is 0.175. The van der Waals surface area contributed by atoms with Crippen molar-refractivity contribution in [2.45, 2.75) is 39.2 Å². The maximum absolute atomic E-state index is 12.8. The summed E-state index contributed by atoms with van der Waals surface area (Å²) >= 11 is 12.0. The minimum absolute atomic E-state index is 0.175. The Hall–Kier alpha value is -0.810. The first kappa shape index (κ1) is 20.5. The van der Waals surface area contributed by atoms with Gasteiger partial charge in [-0.3, -0.25) is 4.79 Å². The summed E-state index contributed by atoms with van der Waals surface area (Å²) in [6.07, 6.45) is 2.93. The second kappa shape index (κ2) is 10.4. The first-order valence-corrected chi connectivity index (χ1v) is 10.1. The Balaban J connectivity index is 0.00000109. The summed E-state index contributed by atoms with van der Waals surface area (Å²) in [5.74, 6) is 0.175. The SMILES string of the molecule is CC.O=C(Cc1ccc(Cl)c(Cl)c1)N1CCNC[C@H]1CN1CCCC1. The Labute approximate surface area is 161 Å². The summed E-state index contributed by atoms with van der Waals surface area (Å²) < 4.78 is 0. The summed E-state index contributed by atoms with van der Waals surface area (Å²) in [6, 6.07) is 5.69. The van der Waals surface area contributed by atoms with Gasteiger partial charge < -0.3 is 15.1 Å². The molecule has 0 spiro atoms. The van der Waals surface area contributed by atoms with Crippen LogP contribution in [-0.2, 0) is 11.2 Å². The van der Waals surface area contributed by atoms with Crippen LogP contribution in [0.2, 0.25) is 10.0 Å². The van der Waals surface area contributed by atoms with Gasteiger partial charge in [0.1, 0.15) is 0 Å². The second-order valence-electron chi connectivity index (χ2n) is 6.38. The van der Waals surface area contributed by atoms with Gasteiger partial charge in [0.2, 0.25) is 5.91 Å².